The molecular weight excluding hydrogens is 172 g/mol. The maximum Gasteiger partial charge on any atom is 0.315 e. The number of carbonyl (C=O) groups is 2. The van der Waals surface area contributed by atoms with Crippen LogP contribution < -0.4 is 11.2 Å². The Morgan fingerprint density at radius 2 is 1.77 bits per heavy atom. The van der Waals surface area contributed by atoms with Crippen molar-refractivity contribution in [1.29, 1.82) is 0 Å². The minimum atomic E-state index is -1.07. The number of Topliss-reactive ketones (excluding diaryl/α,β-unsaturated/α-hetero) is 1. The Hall–Kier alpha value is -1.88. The van der Waals surface area contributed by atoms with Gasteiger partial charge in [0.2, 0.25) is 0 Å². The van der Waals surface area contributed by atoms with Crippen LogP contribution in [0.2, 0.25) is 0 Å². The van der Waals surface area contributed by atoms with E-state index in [0.717, 1.165) is 0 Å². The van der Waals surface area contributed by atoms with Crippen LogP contribution in [0, 0.1) is 0 Å². The van der Waals surface area contributed by atoms with Crippen molar-refractivity contribution in [2.24, 2.45) is 0 Å². The molecule has 1 amide bonds. The normalized spacial score (nSPS) is 9.31. The summed E-state index contributed by atoms with van der Waals surface area (Å²) in [4.78, 5) is 21.7. The lowest BCUT2D eigenvalue weighted by molar-refractivity contribution is -0.124. The highest BCUT2D eigenvalue weighted by molar-refractivity contribution is 6.42. The van der Waals surface area contributed by atoms with Gasteiger partial charge in [0, 0.05) is 11.3 Å². The van der Waals surface area contributed by atoms with Crippen molar-refractivity contribution in [3.63, 3.8) is 0 Å². The van der Waals surface area contributed by atoms with E-state index in [1.54, 1.807) is 0 Å². The number of hydrogen-bond donors (Lipinski definition) is 3. The van der Waals surface area contributed by atoms with Crippen molar-refractivity contribution in [2.45, 2.75) is 0 Å². The van der Waals surface area contributed by atoms with E-state index in [4.69, 9.17) is 10.9 Å². The highest BCUT2D eigenvalue weighted by Gasteiger charge is 2.14. The Morgan fingerprint density at radius 1 is 1.23 bits per heavy atom. The van der Waals surface area contributed by atoms with Crippen LogP contribution in [0.1, 0.15) is 10.4 Å². The van der Waals surface area contributed by atoms with Crippen LogP contribution in [-0.4, -0.2) is 16.9 Å². The minimum absolute atomic E-state index is 0.181. The first-order chi connectivity index (χ1) is 6.15. The van der Waals surface area contributed by atoms with Crippen LogP contribution in [0.3, 0.4) is 0 Å². The lowest BCUT2D eigenvalue weighted by Crippen LogP contribution is -2.27. The van der Waals surface area contributed by atoms with Gasteiger partial charge in [-0.3, -0.25) is 14.8 Å². The molecule has 5 nitrogen and oxygen atoms in total. The number of anilines is 1. The molecule has 1 aromatic carbocycles. The first kappa shape index (κ1) is 9.21. The molecule has 0 radical (unpaired) electrons. The van der Waals surface area contributed by atoms with Gasteiger partial charge in [-0.05, 0) is 24.3 Å². The average Bonchev–Trinajstić information content (AvgIpc) is 2.17. The molecule has 0 unspecified atom stereocenters. The van der Waals surface area contributed by atoms with Crippen LogP contribution in [0.15, 0.2) is 24.3 Å². The summed E-state index contributed by atoms with van der Waals surface area (Å²) in [6.07, 6.45) is 0. The van der Waals surface area contributed by atoms with Crippen molar-refractivity contribution in [2.75, 3.05) is 5.73 Å². The molecular formula is C8H8N2O3. The first-order valence-electron chi connectivity index (χ1n) is 3.49. The number of nitrogens with one attached hydrogen (secondary N) is 1. The Labute approximate surface area is 74.1 Å². The smallest absolute Gasteiger partial charge is 0.315 e. The highest BCUT2D eigenvalue weighted by Crippen LogP contribution is 2.05. The summed E-state index contributed by atoms with van der Waals surface area (Å²) in [5, 5.41) is 8.18. The van der Waals surface area contributed by atoms with Gasteiger partial charge >= 0.3 is 5.91 Å². The second kappa shape index (κ2) is 3.68. The van der Waals surface area contributed by atoms with E-state index in [2.05, 4.69) is 0 Å². The van der Waals surface area contributed by atoms with Gasteiger partial charge < -0.3 is 5.73 Å². The Morgan fingerprint density at radius 3 is 2.23 bits per heavy atom. The molecule has 0 heterocycles. The standard InChI is InChI=1S/C8H8N2O3/c9-6-3-1-5(2-4-6)7(11)8(12)10-13/h1-4,13H,9H2,(H,10,12). The zero-order valence-electron chi connectivity index (χ0n) is 6.65. The number of nitrogen functional groups attached to an aromatic ring is 1. The summed E-state index contributed by atoms with van der Waals surface area (Å²) in [6.45, 7) is 0. The zero-order chi connectivity index (χ0) is 9.84. The summed E-state index contributed by atoms with van der Waals surface area (Å²) < 4.78 is 0. The highest BCUT2D eigenvalue weighted by atomic mass is 16.5. The molecule has 1 rings (SSSR count). The van der Waals surface area contributed by atoms with Gasteiger partial charge in [-0.15, -0.1) is 0 Å². The van der Waals surface area contributed by atoms with Gasteiger partial charge in [-0.25, -0.2) is 5.48 Å². The molecule has 0 aromatic heterocycles. The lowest BCUT2D eigenvalue weighted by atomic mass is 10.1. The molecule has 0 aliphatic carbocycles. The molecule has 0 spiro atoms. The summed E-state index contributed by atoms with van der Waals surface area (Å²) in [5.74, 6) is -1.87. The molecule has 0 aliphatic rings. The van der Waals surface area contributed by atoms with E-state index >= 15 is 0 Å². The molecule has 0 fully saturated rings. The summed E-state index contributed by atoms with van der Waals surface area (Å²) in [5.41, 5.74) is 7.31. The molecule has 0 aliphatic heterocycles. The Kier molecular flexibility index (Phi) is 2.61. The number of rotatable bonds is 2. The van der Waals surface area contributed by atoms with Gasteiger partial charge in [-0.1, -0.05) is 0 Å². The van der Waals surface area contributed by atoms with Crippen LogP contribution in [0.25, 0.3) is 0 Å². The monoisotopic (exact) mass is 180 g/mol. The van der Waals surface area contributed by atoms with Crippen LogP contribution in [0.4, 0.5) is 5.69 Å². The predicted octanol–water partition coefficient (Wildman–Crippen LogP) is -0.0431. The maximum atomic E-state index is 11.1. The van der Waals surface area contributed by atoms with Crippen molar-refractivity contribution >= 4 is 17.4 Å². The molecule has 0 atom stereocenters. The minimum Gasteiger partial charge on any atom is -0.399 e. The molecule has 13 heavy (non-hydrogen) atoms. The number of benzene rings is 1. The predicted molar refractivity (Wildman–Crippen MR) is 45.1 cm³/mol. The van der Waals surface area contributed by atoms with Gasteiger partial charge in [0.05, 0.1) is 0 Å². The Balaban J connectivity index is 2.90. The number of amides is 1. The van der Waals surface area contributed by atoms with Crippen LogP contribution in [-0.2, 0) is 4.79 Å². The third-order valence-electron chi connectivity index (χ3n) is 1.48. The topological polar surface area (TPSA) is 92.4 Å². The fraction of sp³-hybridized carbons (Fsp3) is 0. The van der Waals surface area contributed by atoms with Gasteiger partial charge in [0.25, 0.3) is 5.78 Å². The van der Waals surface area contributed by atoms with E-state index in [1.165, 1.54) is 29.7 Å². The largest absolute Gasteiger partial charge is 0.399 e. The van der Waals surface area contributed by atoms with E-state index < -0.39 is 11.7 Å². The summed E-state index contributed by atoms with van der Waals surface area (Å²) in [6, 6.07) is 5.82. The number of hydroxylamine groups is 1. The van der Waals surface area contributed by atoms with Crippen molar-refractivity contribution in [3.05, 3.63) is 29.8 Å². The lowest BCUT2D eigenvalue weighted by Gasteiger charge is -1.98. The first-order valence-corrected chi connectivity index (χ1v) is 3.49. The van der Waals surface area contributed by atoms with Gasteiger partial charge in [-0.2, -0.15) is 0 Å². The quantitative estimate of drug-likeness (QED) is 0.196. The number of carbonyl (C=O) groups excluding carboxylic acids is 2. The van der Waals surface area contributed by atoms with Crippen molar-refractivity contribution < 1.29 is 14.8 Å². The van der Waals surface area contributed by atoms with E-state index in [-0.39, 0.29) is 5.56 Å². The van der Waals surface area contributed by atoms with Crippen molar-refractivity contribution in [1.82, 2.24) is 5.48 Å². The van der Waals surface area contributed by atoms with Crippen molar-refractivity contribution in [3.8, 4) is 0 Å². The average molecular weight is 180 g/mol. The number of nitrogens with two attached hydrogens (primary N) is 1. The SMILES string of the molecule is Nc1ccc(C(=O)C(=O)NO)cc1. The van der Waals surface area contributed by atoms with E-state index in [0.29, 0.717) is 5.69 Å². The Bertz CT molecular complexity index is 332. The fourth-order valence-electron chi connectivity index (χ4n) is 0.816. The summed E-state index contributed by atoms with van der Waals surface area (Å²) >= 11 is 0. The van der Waals surface area contributed by atoms with Crippen LogP contribution in [0.5, 0.6) is 0 Å². The second-order valence-corrected chi connectivity index (χ2v) is 2.39. The van der Waals surface area contributed by atoms with E-state index in [9.17, 15) is 9.59 Å². The molecule has 1 aromatic rings. The second-order valence-electron chi connectivity index (χ2n) is 2.39. The van der Waals surface area contributed by atoms with E-state index in [1.807, 2.05) is 0 Å². The van der Waals surface area contributed by atoms with Gasteiger partial charge in [0.15, 0.2) is 0 Å². The zero-order valence-corrected chi connectivity index (χ0v) is 6.65. The molecule has 0 saturated heterocycles. The number of ketones is 1. The molecule has 5 heteroatoms. The van der Waals surface area contributed by atoms with Gasteiger partial charge in [0.1, 0.15) is 0 Å². The summed E-state index contributed by atoms with van der Waals surface area (Å²) in [7, 11) is 0. The third kappa shape index (κ3) is 2.03. The molecule has 68 valence electrons. The maximum absolute atomic E-state index is 11.1. The number of hydrogen-bond acceptors (Lipinski definition) is 4. The molecule has 0 saturated carbocycles. The molecule has 4 N–H and O–H groups in total. The van der Waals surface area contributed by atoms with Crippen LogP contribution >= 0.6 is 0 Å². The third-order valence-corrected chi connectivity index (χ3v) is 1.48. The molecule has 0 bridgehead atoms. The fourth-order valence-corrected chi connectivity index (χ4v) is 0.816.